The molecule has 0 radical (unpaired) electrons. The van der Waals surface area contributed by atoms with Gasteiger partial charge in [0.05, 0.1) is 13.3 Å². The zero-order valence-corrected chi connectivity index (χ0v) is 16.4. The van der Waals surface area contributed by atoms with Crippen molar-refractivity contribution < 1.29 is 13.7 Å². The van der Waals surface area contributed by atoms with E-state index in [2.05, 4.69) is 15.5 Å². The maximum absolute atomic E-state index is 12.7. The summed E-state index contributed by atoms with van der Waals surface area (Å²) in [6.07, 6.45) is 1.83. The van der Waals surface area contributed by atoms with Crippen LogP contribution in [0, 0.1) is 11.3 Å². The van der Waals surface area contributed by atoms with Gasteiger partial charge in [-0.15, -0.1) is 0 Å². The van der Waals surface area contributed by atoms with Crippen LogP contribution in [0.5, 0.6) is 5.75 Å². The van der Waals surface area contributed by atoms with E-state index in [9.17, 15) is 14.2 Å². The summed E-state index contributed by atoms with van der Waals surface area (Å²) in [6, 6.07) is 12.6. The van der Waals surface area contributed by atoms with E-state index in [1.54, 1.807) is 36.4 Å². The van der Waals surface area contributed by atoms with Crippen LogP contribution >= 0.6 is 0 Å². The van der Waals surface area contributed by atoms with Crippen LogP contribution in [0.2, 0.25) is 0 Å². The highest BCUT2D eigenvalue weighted by atomic mass is 32.2. The number of ether oxygens (including phenoxy) is 1. The van der Waals surface area contributed by atoms with Crippen LogP contribution in [0.15, 0.2) is 47.0 Å². The largest absolute Gasteiger partial charge is 0.591 e. The summed E-state index contributed by atoms with van der Waals surface area (Å²) in [7, 11) is 0. The number of rotatable bonds is 7. The van der Waals surface area contributed by atoms with Gasteiger partial charge >= 0.3 is 0 Å². The molecule has 2 aromatic rings. The van der Waals surface area contributed by atoms with E-state index in [1.165, 1.54) is 6.20 Å². The van der Waals surface area contributed by atoms with Crippen molar-refractivity contribution in [1.82, 2.24) is 4.98 Å². The fraction of sp³-hybridized carbons (Fsp3) is 0.350. The molecule has 5 nitrogen and oxygen atoms in total. The average molecular weight is 387 g/mol. The van der Waals surface area contributed by atoms with Crippen molar-refractivity contribution in [3.05, 3.63) is 59.4 Å². The lowest BCUT2D eigenvalue weighted by molar-refractivity contribution is 0.289. The first kappa shape index (κ1) is 20.9. The van der Waals surface area contributed by atoms with Gasteiger partial charge in [0.1, 0.15) is 39.3 Å². The number of nitrogens with zero attached hydrogens (tertiary/aromatic N) is 3. The molecular weight excluding hydrogens is 365 g/mol. The first-order chi connectivity index (χ1) is 12.9. The Balaban J connectivity index is 2.52. The van der Waals surface area contributed by atoms with Crippen LogP contribution in [-0.2, 0) is 11.4 Å². The lowest BCUT2D eigenvalue weighted by Gasteiger charge is -2.20. The third-order valence-corrected chi connectivity index (χ3v) is 4.92. The Bertz CT molecular complexity index is 844. The maximum Gasteiger partial charge on any atom is 0.150 e. The Hall–Kier alpha value is -2.43. The molecule has 2 rings (SSSR count). The highest BCUT2D eigenvalue weighted by Crippen LogP contribution is 2.23. The average Bonchev–Trinajstić information content (AvgIpc) is 2.65. The molecule has 0 N–H and O–H groups in total. The van der Waals surface area contributed by atoms with E-state index in [1.807, 2.05) is 20.8 Å². The quantitative estimate of drug-likeness (QED) is 0.409. The van der Waals surface area contributed by atoms with Crippen molar-refractivity contribution in [2.75, 3.05) is 13.3 Å². The van der Waals surface area contributed by atoms with E-state index in [0.29, 0.717) is 29.0 Å². The van der Waals surface area contributed by atoms with Gasteiger partial charge in [0, 0.05) is 23.7 Å². The van der Waals surface area contributed by atoms with E-state index >= 15 is 0 Å². The van der Waals surface area contributed by atoms with E-state index in [0.717, 1.165) is 0 Å². The van der Waals surface area contributed by atoms with Crippen LogP contribution in [0.3, 0.4) is 0 Å². The van der Waals surface area contributed by atoms with Crippen LogP contribution in [0.4, 0.5) is 4.39 Å². The van der Waals surface area contributed by atoms with Crippen molar-refractivity contribution in [3.63, 3.8) is 0 Å². The van der Waals surface area contributed by atoms with Crippen LogP contribution in [0.25, 0.3) is 0 Å². The molecule has 7 heteroatoms. The highest BCUT2D eigenvalue weighted by Gasteiger charge is 2.28. The molecular formula is C20H22FN3O2S. The second-order valence-corrected chi connectivity index (χ2v) is 8.64. The highest BCUT2D eigenvalue weighted by molar-refractivity contribution is 7.91. The van der Waals surface area contributed by atoms with E-state index in [4.69, 9.17) is 4.74 Å². The predicted molar refractivity (Wildman–Crippen MR) is 105 cm³/mol. The molecule has 0 aliphatic rings. The molecule has 0 spiro atoms. The molecule has 0 amide bonds. The number of pyridine rings is 1. The summed E-state index contributed by atoms with van der Waals surface area (Å²) < 4.78 is 34.4. The van der Waals surface area contributed by atoms with Crippen molar-refractivity contribution in [3.8, 4) is 11.8 Å². The van der Waals surface area contributed by atoms with Crippen LogP contribution in [0.1, 0.15) is 44.0 Å². The summed E-state index contributed by atoms with van der Waals surface area (Å²) in [6.45, 7) is 5.30. The van der Waals surface area contributed by atoms with Gasteiger partial charge in [-0.05, 0) is 45.0 Å². The standard InChI is InChI=1S/C20H22FN3O2S/c1-20(2,3)27(25)24-19(17-9-5-11-23-18(17)14-22)15-7-4-8-16(13-15)26-12-6-10-21/h4-5,7-9,11,13H,6,10,12H2,1-3H3/b24-19-. The molecule has 1 atom stereocenters. The molecule has 1 unspecified atom stereocenters. The lowest BCUT2D eigenvalue weighted by atomic mass is 10.0. The zero-order valence-electron chi connectivity index (χ0n) is 15.6. The minimum absolute atomic E-state index is 0.200. The first-order valence-corrected chi connectivity index (χ1v) is 9.63. The van der Waals surface area contributed by atoms with Gasteiger partial charge in [-0.3, -0.25) is 4.39 Å². The minimum atomic E-state index is -1.53. The fourth-order valence-corrected chi connectivity index (χ4v) is 2.78. The third kappa shape index (κ3) is 5.78. The Labute approximate surface area is 162 Å². The monoisotopic (exact) mass is 387 g/mol. The molecule has 1 aromatic heterocycles. The molecule has 0 aliphatic heterocycles. The first-order valence-electron chi connectivity index (χ1n) is 8.52. The lowest BCUT2D eigenvalue weighted by Crippen LogP contribution is -2.27. The Morgan fingerprint density at radius 2 is 2.11 bits per heavy atom. The van der Waals surface area contributed by atoms with Crippen LogP contribution in [-0.4, -0.2) is 33.3 Å². The molecule has 0 aliphatic carbocycles. The number of hydrogen-bond acceptors (Lipinski definition) is 5. The summed E-state index contributed by atoms with van der Waals surface area (Å²) in [5.41, 5.74) is 1.75. The summed E-state index contributed by atoms with van der Waals surface area (Å²) in [5, 5.41) is 9.40. The molecule has 27 heavy (non-hydrogen) atoms. The van der Waals surface area contributed by atoms with E-state index < -0.39 is 22.8 Å². The molecule has 0 fully saturated rings. The number of aromatic nitrogens is 1. The normalized spacial score (nSPS) is 13.1. The van der Waals surface area contributed by atoms with Crippen molar-refractivity contribution in [1.29, 1.82) is 5.26 Å². The second-order valence-electron chi connectivity index (χ2n) is 6.73. The Morgan fingerprint density at radius 1 is 1.33 bits per heavy atom. The Kier molecular flexibility index (Phi) is 7.34. The SMILES string of the molecule is CC(C)(C)[S+]([O-])/N=C(/c1cccc(OCCCF)c1)c1cccnc1C#N. The number of benzene rings is 1. The maximum atomic E-state index is 12.7. The van der Waals surface area contributed by atoms with Gasteiger partial charge in [-0.1, -0.05) is 16.5 Å². The number of hydrogen-bond donors (Lipinski definition) is 0. The van der Waals surface area contributed by atoms with Crippen molar-refractivity contribution >= 4 is 17.1 Å². The van der Waals surface area contributed by atoms with Gasteiger partial charge in [0.25, 0.3) is 0 Å². The molecule has 0 saturated carbocycles. The topological polar surface area (TPSA) is 81.3 Å². The van der Waals surface area contributed by atoms with Crippen LogP contribution < -0.4 is 4.74 Å². The van der Waals surface area contributed by atoms with Crippen molar-refractivity contribution in [2.45, 2.75) is 31.9 Å². The third-order valence-electron chi connectivity index (χ3n) is 3.52. The molecule has 1 aromatic carbocycles. The number of nitriles is 1. The predicted octanol–water partition coefficient (Wildman–Crippen LogP) is 3.99. The molecule has 0 bridgehead atoms. The van der Waals surface area contributed by atoms with Gasteiger partial charge < -0.3 is 9.29 Å². The smallest absolute Gasteiger partial charge is 0.150 e. The summed E-state index contributed by atoms with van der Waals surface area (Å²) in [4.78, 5) is 4.08. The van der Waals surface area contributed by atoms with Gasteiger partial charge in [-0.25, -0.2) is 4.98 Å². The summed E-state index contributed by atoms with van der Waals surface area (Å²) >= 11 is -1.53. The number of halogens is 1. The fourth-order valence-electron chi connectivity index (χ4n) is 2.14. The zero-order chi connectivity index (χ0) is 19.9. The molecule has 142 valence electrons. The van der Waals surface area contributed by atoms with Gasteiger partial charge in [0.2, 0.25) is 0 Å². The van der Waals surface area contributed by atoms with Gasteiger partial charge in [-0.2, -0.15) is 5.26 Å². The Morgan fingerprint density at radius 3 is 2.78 bits per heavy atom. The molecule has 0 saturated heterocycles. The minimum Gasteiger partial charge on any atom is -0.591 e. The molecule has 1 heterocycles. The summed E-state index contributed by atoms with van der Waals surface area (Å²) in [5.74, 6) is 0.553. The van der Waals surface area contributed by atoms with Crippen molar-refractivity contribution in [2.24, 2.45) is 4.40 Å². The van der Waals surface area contributed by atoms with E-state index in [-0.39, 0.29) is 12.3 Å². The second kappa shape index (κ2) is 9.49. The number of alkyl halides is 1. The van der Waals surface area contributed by atoms with Gasteiger partial charge in [0.15, 0.2) is 0 Å².